The monoisotopic (exact) mass is 487 g/mol. The van der Waals surface area contributed by atoms with Crippen LogP contribution in [0.5, 0.6) is 0 Å². The molecule has 1 N–H and O–H groups in total. The van der Waals surface area contributed by atoms with E-state index >= 15 is 0 Å². The van der Waals surface area contributed by atoms with Gasteiger partial charge in [0.25, 0.3) is 0 Å². The Hall–Kier alpha value is -2.71. The van der Waals surface area contributed by atoms with Gasteiger partial charge >= 0.3 is 0 Å². The minimum atomic E-state index is -0.723. The predicted molar refractivity (Wildman–Crippen MR) is 135 cm³/mol. The lowest BCUT2D eigenvalue weighted by molar-refractivity contribution is -0.132. The topological polar surface area (TPSA) is 68.2 Å². The number of nitroso groups, excluding NO2 is 1. The second kappa shape index (κ2) is 11.6. The van der Waals surface area contributed by atoms with E-state index in [2.05, 4.69) is 32.4 Å². The van der Waals surface area contributed by atoms with E-state index in [-0.39, 0.29) is 17.6 Å². The van der Waals surface area contributed by atoms with Crippen molar-refractivity contribution in [3.05, 3.63) is 58.0 Å². The minimum absolute atomic E-state index is 0.139. The molecule has 0 unspecified atom stereocenters. The Morgan fingerprint density at radius 3 is 2.38 bits per heavy atom. The molecule has 0 aromatic heterocycles. The molecule has 9 heteroatoms. The number of amides is 1. The third-order valence-electron chi connectivity index (χ3n) is 6.75. The molecule has 2 aromatic rings. The number of carbonyl (C=O) groups is 1. The van der Waals surface area contributed by atoms with Crippen molar-refractivity contribution in [3.8, 4) is 0 Å². The predicted octanol–water partition coefficient (Wildman–Crippen LogP) is 4.82. The van der Waals surface area contributed by atoms with Crippen molar-refractivity contribution < 1.29 is 9.18 Å². The van der Waals surface area contributed by atoms with Gasteiger partial charge < -0.3 is 15.1 Å². The molecule has 0 atom stereocenters. The van der Waals surface area contributed by atoms with Crippen LogP contribution in [0.15, 0.2) is 47.6 Å². The van der Waals surface area contributed by atoms with E-state index in [1.165, 1.54) is 11.8 Å². The minimum Gasteiger partial charge on any atom is -0.382 e. The molecule has 7 nitrogen and oxygen atoms in total. The highest BCUT2D eigenvalue weighted by Crippen LogP contribution is 2.26. The van der Waals surface area contributed by atoms with Crippen molar-refractivity contribution in [3.63, 3.8) is 0 Å². The number of piperazine rings is 1. The van der Waals surface area contributed by atoms with E-state index < -0.39 is 6.67 Å². The Labute approximate surface area is 204 Å². The van der Waals surface area contributed by atoms with Crippen LogP contribution in [0, 0.1) is 4.91 Å². The largest absolute Gasteiger partial charge is 0.382 e. The number of nitrogens with zero attached hydrogens (tertiary/aromatic N) is 4. The fourth-order valence-electron chi connectivity index (χ4n) is 4.67. The summed E-state index contributed by atoms with van der Waals surface area (Å²) in [6, 6.07) is 13.1. The summed E-state index contributed by atoms with van der Waals surface area (Å²) in [6.45, 7) is 5.27. The van der Waals surface area contributed by atoms with Gasteiger partial charge in [0.2, 0.25) is 5.91 Å². The lowest BCUT2D eigenvalue weighted by Gasteiger charge is -2.37. The van der Waals surface area contributed by atoms with Gasteiger partial charge in [0.1, 0.15) is 12.4 Å². The van der Waals surface area contributed by atoms with Crippen molar-refractivity contribution >= 4 is 34.6 Å². The molecule has 2 aromatic carbocycles. The first kappa shape index (κ1) is 24.4. The van der Waals surface area contributed by atoms with E-state index in [9.17, 15) is 14.1 Å². The van der Waals surface area contributed by atoms with Crippen molar-refractivity contribution in [1.82, 2.24) is 9.80 Å². The Bertz CT molecular complexity index is 974. The van der Waals surface area contributed by atoms with Gasteiger partial charge in [-0.15, -0.1) is 4.91 Å². The van der Waals surface area contributed by atoms with Crippen LogP contribution in [-0.4, -0.2) is 67.6 Å². The van der Waals surface area contributed by atoms with Crippen LogP contribution in [0.25, 0.3) is 0 Å². The lowest BCUT2D eigenvalue weighted by Crippen LogP contribution is -2.48. The Morgan fingerprint density at radius 1 is 1.03 bits per heavy atom. The molecule has 0 aliphatic carbocycles. The molecular weight excluding hydrogens is 457 g/mol. The van der Waals surface area contributed by atoms with Crippen LogP contribution in [0.3, 0.4) is 0 Å². The fourth-order valence-corrected chi connectivity index (χ4v) is 4.80. The number of carbonyl (C=O) groups excluding carboxylic acids is 1. The van der Waals surface area contributed by atoms with Gasteiger partial charge in [-0.25, -0.2) is 4.39 Å². The van der Waals surface area contributed by atoms with Gasteiger partial charge in [-0.1, -0.05) is 11.6 Å². The number of rotatable bonds is 8. The standard InChI is InChI=1S/C25H31ClFN5O2/c26-20-1-4-23(5-2-20)31-15-13-30(14-16-31)10-9-25(33)32-11-7-21(8-12-32)28-22-3-6-24(29-34)19(17-22)18-27/h1-6,17,21,28H,7-16,18H2. The maximum Gasteiger partial charge on any atom is 0.223 e. The maximum absolute atomic E-state index is 13.1. The zero-order valence-electron chi connectivity index (χ0n) is 19.3. The molecule has 2 aliphatic heterocycles. The van der Waals surface area contributed by atoms with Crippen LogP contribution in [0.4, 0.5) is 21.5 Å². The van der Waals surface area contributed by atoms with Gasteiger partial charge in [-0.05, 0) is 60.5 Å². The lowest BCUT2D eigenvalue weighted by atomic mass is 10.0. The summed E-state index contributed by atoms with van der Waals surface area (Å²) in [7, 11) is 0. The van der Waals surface area contributed by atoms with E-state index in [0.29, 0.717) is 25.1 Å². The molecule has 2 heterocycles. The molecule has 34 heavy (non-hydrogen) atoms. The number of hydrogen-bond donors (Lipinski definition) is 1. The van der Waals surface area contributed by atoms with Crippen molar-refractivity contribution in [1.29, 1.82) is 0 Å². The van der Waals surface area contributed by atoms with Gasteiger partial charge in [0.15, 0.2) is 0 Å². The normalized spacial score (nSPS) is 17.6. The molecule has 2 aliphatic rings. The molecule has 2 saturated heterocycles. The fraction of sp³-hybridized carbons (Fsp3) is 0.480. The molecular formula is C25H31ClFN5O2. The van der Waals surface area contributed by atoms with Crippen molar-refractivity contribution in [2.45, 2.75) is 32.0 Å². The number of benzene rings is 2. The number of likely N-dealkylation sites (tertiary alicyclic amines) is 1. The molecule has 0 saturated carbocycles. The van der Waals surface area contributed by atoms with Crippen LogP contribution in [0.2, 0.25) is 5.02 Å². The highest BCUT2D eigenvalue weighted by Gasteiger charge is 2.24. The summed E-state index contributed by atoms with van der Waals surface area (Å²) in [5.74, 6) is 0.208. The number of hydrogen-bond acceptors (Lipinski definition) is 6. The quantitative estimate of drug-likeness (QED) is 0.540. The third kappa shape index (κ3) is 6.24. The zero-order chi connectivity index (χ0) is 23.9. The summed E-state index contributed by atoms with van der Waals surface area (Å²) in [5, 5.41) is 7.01. The first-order valence-electron chi connectivity index (χ1n) is 11.8. The van der Waals surface area contributed by atoms with Crippen LogP contribution < -0.4 is 10.2 Å². The maximum atomic E-state index is 13.1. The zero-order valence-corrected chi connectivity index (χ0v) is 20.0. The van der Waals surface area contributed by atoms with E-state index in [1.807, 2.05) is 17.0 Å². The van der Waals surface area contributed by atoms with E-state index in [0.717, 1.165) is 56.3 Å². The Balaban J connectivity index is 1.17. The number of alkyl halides is 1. The number of halogens is 2. The van der Waals surface area contributed by atoms with Gasteiger partial charge in [-0.2, -0.15) is 0 Å². The Morgan fingerprint density at radius 2 is 1.74 bits per heavy atom. The smallest absolute Gasteiger partial charge is 0.223 e. The second-order valence-corrected chi connectivity index (χ2v) is 9.36. The van der Waals surface area contributed by atoms with Crippen LogP contribution in [-0.2, 0) is 11.5 Å². The third-order valence-corrected chi connectivity index (χ3v) is 7.00. The summed E-state index contributed by atoms with van der Waals surface area (Å²) in [5.41, 5.74) is 2.40. The first-order valence-corrected chi connectivity index (χ1v) is 12.2. The second-order valence-electron chi connectivity index (χ2n) is 8.92. The van der Waals surface area contributed by atoms with E-state index in [4.69, 9.17) is 11.6 Å². The van der Waals surface area contributed by atoms with Crippen molar-refractivity contribution in [2.75, 3.05) is 56.0 Å². The highest BCUT2D eigenvalue weighted by atomic mass is 35.5. The van der Waals surface area contributed by atoms with Crippen LogP contribution >= 0.6 is 11.6 Å². The molecule has 4 rings (SSSR count). The summed E-state index contributed by atoms with van der Waals surface area (Å²) in [6.07, 6.45) is 2.22. The summed E-state index contributed by atoms with van der Waals surface area (Å²) < 4.78 is 13.1. The molecule has 0 spiro atoms. The average Bonchev–Trinajstić information content (AvgIpc) is 2.88. The molecule has 2 fully saturated rings. The van der Waals surface area contributed by atoms with E-state index in [1.54, 1.807) is 12.1 Å². The molecule has 182 valence electrons. The number of anilines is 2. The summed E-state index contributed by atoms with van der Waals surface area (Å²) >= 11 is 5.98. The van der Waals surface area contributed by atoms with Gasteiger partial charge in [0, 0.05) is 80.2 Å². The van der Waals surface area contributed by atoms with Gasteiger partial charge in [-0.3, -0.25) is 9.69 Å². The summed E-state index contributed by atoms with van der Waals surface area (Å²) in [4.78, 5) is 30.2. The SMILES string of the molecule is O=Nc1ccc(NC2CCN(C(=O)CCN3CCN(c4ccc(Cl)cc4)CC3)CC2)cc1CF. The van der Waals surface area contributed by atoms with Crippen LogP contribution in [0.1, 0.15) is 24.8 Å². The number of piperidine rings is 1. The van der Waals surface area contributed by atoms with Crippen molar-refractivity contribution in [2.24, 2.45) is 5.18 Å². The molecule has 0 bridgehead atoms. The molecule has 1 amide bonds. The Kier molecular flexibility index (Phi) is 8.34. The highest BCUT2D eigenvalue weighted by molar-refractivity contribution is 6.30. The first-order chi connectivity index (χ1) is 16.6. The molecule has 0 radical (unpaired) electrons. The number of nitrogens with one attached hydrogen (secondary N) is 1. The van der Waals surface area contributed by atoms with Gasteiger partial charge in [0.05, 0.1) is 0 Å². The average molecular weight is 488 g/mol.